The molecule has 0 aliphatic rings. The van der Waals surface area contributed by atoms with Gasteiger partial charge in [0.1, 0.15) is 0 Å². The van der Waals surface area contributed by atoms with Gasteiger partial charge in [-0.2, -0.15) is 0 Å². The van der Waals surface area contributed by atoms with Crippen LogP contribution in [0.5, 0.6) is 0 Å². The van der Waals surface area contributed by atoms with Gasteiger partial charge in [-0.1, -0.05) is 13.3 Å². The van der Waals surface area contributed by atoms with Gasteiger partial charge < -0.3 is 5.32 Å². The summed E-state index contributed by atoms with van der Waals surface area (Å²) in [6.07, 6.45) is 2.25. The number of nitrogens with one attached hydrogen (secondary N) is 1. The molecule has 1 aromatic rings. The van der Waals surface area contributed by atoms with Crippen molar-refractivity contribution >= 4 is 31.3 Å². The average Bonchev–Trinajstić information content (AvgIpc) is 2.29. The Labute approximate surface area is 118 Å². The van der Waals surface area contributed by atoms with E-state index in [1.54, 1.807) is 13.8 Å². The fourth-order valence-corrected chi connectivity index (χ4v) is 2.70. The second kappa shape index (κ2) is 6.39. The number of halogens is 1. The van der Waals surface area contributed by atoms with Crippen LogP contribution in [0, 0.1) is 13.8 Å². The summed E-state index contributed by atoms with van der Waals surface area (Å²) in [6.45, 7) is 5.51. The van der Waals surface area contributed by atoms with Gasteiger partial charge in [0.15, 0.2) is 0 Å². The van der Waals surface area contributed by atoms with E-state index in [1.165, 1.54) is 12.1 Å². The smallest absolute Gasteiger partial charge is 0.261 e. The van der Waals surface area contributed by atoms with E-state index in [9.17, 15) is 13.2 Å². The summed E-state index contributed by atoms with van der Waals surface area (Å²) in [5, 5.41) is 2.82. The number of carbonyl (C=O) groups is 1. The van der Waals surface area contributed by atoms with Crippen molar-refractivity contribution in [1.82, 2.24) is 0 Å². The monoisotopic (exact) mass is 303 g/mol. The van der Waals surface area contributed by atoms with Gasteiger partial charge in [0, 0.05) is 22.8 Å². The Bertz CT molecular complexity index is 559. The molecule has 0 aliphatic heterocycles. The van der Waals surface area contributed by atoms with Crippen LogP contribution in [0.1, 0.15) is 37.3 Å². The van der Waals surface area contributed by atoms with Gasteiger partial charge >= 0.3 is 0 Å². The molecule has 0 radical (unpaired) electrons. The molecule has 0 atom stereocenters. The van der Waals surface area contributed by atoms with Crippen molar-refractivity contribution in [3.8, 4) is 0 Å². The molecule has 4 nitrogen and oxygen atoms in total. The molecule has 0 fully saturated rings. The SMILES string of the molecule is CCCCC(=O)Nc1c(C)cc(S(=O)(=O)Cl)cc1C. The fourth-order valence-electron chi connectivity index (χ4n) is 1.80. The highest BCUT2D eigenvalue weighted by Gasteiger charge is 2.15. The van der Waals surface area contributed by atoms with E-state index >= 15 is 0 Å². The van der Waals surface area contributed by atoms with Crippen molar-refractivity contribution in [3.05, 3.63) is 23.3 Å². The van der Waals surface area contributed by atoms with Crippen molar-refractivity contribution in [3.63, 3.8) is 0 Å². The van der Waals surface area contributed by atoms with E-state index in [2.05, 4.69) is 5.32 Å². The average molecular weight is 304 g/mol. The number of amides is 1. The first-order valence-corrected chi connectivity index (χ1v) is 8.42. The molecule has 1 aromatic carbocycles. The first-order valence-electron chi connectivity index (χ1n) is 6.11. The number of hydrogen-bond donors (Lipinski definition) is 1. The lowest BCUT2D eigenvalue weighted by molar-refractivity contribution is -0.116. The third kappa shape index (κ3) is 4.51. The van der Waals surface area contributed by atoms with Crippen molar-refractivity contribution < 1.29 is 13.2 Å². The minimum absolute atomic E-state index is 0.0516. The summed E-state index contributed by atoms with van der Waals surface area (Å²) in [5.74, 6) is -0.0606. The van der Waals surface area contributed by atoms with Gasteiger partial charge in [0.2, 0.25) is 5.91 Å². The van der Waals surface area contributed by atoms with E-state index in [4.69, 9.17) is 10.7 Å². The van der Waals surface area contributed by atoms with Crippen LogP contribution < -0.4 is 5.32 Å². The van der Waals surface area contributed by atoms with E-state index in [0.29, 0.717) is 23.2 Å². The molecular weight excluding hydrogens is 286 g/mol. The Morgan fingerprint density at radius 2 is 1.79 bits per heavy atom. The van der Waals surface area contributed by atoms with Gasteiger partial charge in [-0.25, -0.2) is 8.42 Å². The molecule has 0 heterocycles. The summed E-state index contributed by atoms with van der Waals surface area (Å²) in [7, 11) is 1.57. The molecule has 0 aromatic heterocycles. The maximum atomic E-state index is 11.7. The number of benzene rings is 1. The molecule has 0 saturated carbocycles. The Balaban J connectivity index is 3.01. The van der Waals surface area contributed by atoms with E-state index in [0.717, 1.165) is 12.8 Å². The molecule has 1 amide bonds. The van der Waals surface area contributed by atoms with Crippen LogP contribution in [-0.2, 0) is 13.8 Å². The zero-order chi connectivity index (χ0) is 14.6. The maximum absolute atomic E-state index is 11.7. The molecule has 0 spiro atoms. The first-order chi connectivity index (χ1) is 8.75. The van der Waals surface area contributed by atoms with Crippen molar-refractivity contribution in [2.75, 3.05) is 5.32 Å². The van der Waals surface area contributed by atoms with Gasteiger partial charge in [-0.3, -0.25) is 4.79 Å². The van der Waals surface area contributed by atoms with E-state index < -0.39 is 9.05 Å². The van der Waals surface area contributed by atoms with Crippen LogP contribution in [0.4, 0.5) is 5.69 Å². The molecule has 106 valence electrons. The number of unbranched alkanes of at least 4 members (excludes halogenated alkanes) is 1. The highest BCUT2D eigenvalue weighted by Crippen LogP contribution is 2.26. The number of carbonyl (C=O) groups excluding carboxylic acids is 1. The minimum atomic E-state index is -3.75. The van der Waals surface area contributed by atoms with Crippen LogP contribution in [-0.4, -0.2) is 14.3 Å². The minimum Gasteiger partial charge on any atom is -0.326 e. The largest absolute Gasteiger partial charge is 0.326 e. The molecule has 0 unspecified atom stereocenters. The molecule has 1 rings (SSSR count). The summed E-state index contributed by atoms with van der Waals surface area (Å²) < 4.78 is 22.6. The van der Waals surface area contributed by atoms with Crippen LogP contribution >= 0.6 is 10.7 Å². The number of hydrogen-bond acceptors (Lipinski definition) is 3. The Morgan fingerprint density at radius 1 is 1.26 bits per heavy atom. The summed E-state index contributed by atoms with van der Waals surface area (Å²) in [5.41, 5.74) is 2.03. The van der Waals surface area contributed by atoms with Crippen molar-refractivity contribution in [2.24, 2.45) is 0 Å². The number of rotatable bonds is 5. The van der Waals surface area contributed by atoms with Gasteiger partial charge in [0.05, 0.1) is 4.90 Å². The second-order valence-corrected chi connectivity index (χ2v) is 7.09. The predicted molar refractivity (Wildman–Crippen MR) is 77.1 cm³/mol. The lowest BCUT2D eigenvalue weighted by Gasteiger charge is -2.13. The van der Waals surface area contributed by atoms with E-state index in [-0.39, 0.29) is 10.8 Å². The quantitative estimate of drug-likeness (QED) is 0.848. The maximum Gasteiger partial charge on any atom is 0.261 e. The molecule has 0 saturated heterocycles. The molecule has 0 aliphatic carbocycles. The molecule has 6 heteroatoms. The van der Waals surface area contributed by atoms with Gasteiger partial charge in [-0.05, 0) is 43.5 Å². The second-order valence-electron chi connectivity index (χ2n) is 4.52. The van der Waals surface area contributed by atoms with Crippen molar-refractivity contribution in [1.29, 1.82) is 0 Å². The topological polar surface area (TPSA) is 63.2 Å². The lowest BCUT2D eigenvalue weighted by atomic mass is 10.1. The zero-order valence-corrected chi connectivity index (χ0v) is 12.9. The van der Waals surface area contributed by atoms with Crippen LogP contribution in [0.3, 0.4) is 0 Å². The highest BCUT2D eigenvalue weighted by molar-refractivity contribution is 8.13. The lowest BCUT2D eigenvalue weighted by Crippen LogP contribution is -2.13. The molecule has 1 N–H and O–H groups in total. The Hall–Kier alpha value is -1.07. The summed E-state index contributed by atoms with van der Waals surface area (Å²) >= 11 is 0. The molecule has 19 heavy (non-hydrogen) atoms. The Morgan fingerprint density at radius 3 is 2.21 bits per heavy atom. The van der Waals surface area contributed by atoms with Crippen LogP contribution in [0.2, 0.25) is 0 Å². The van der Waals surface area contributed by atoms with E-state index in [1.807, 2.05) is 6.92 Å². The standard InChI is InChI=1S/C13H18ClNO3S/c1-4-5-6-12(16)15-13-9(2)7-11(8-10(13)3)19(14,17)18/h7-8H,4-6H2,1-3H3,(H,15,16). The molecule has 0 bridgehead atoms. The fraction of sp³-hybridized carbons (Fsp3) is 0.462. The zero-order valence-electron chi connectivity index (χ0n) is 11.3. The molecular formula is C13H18ClNO3S. The predicted octanol–water partition coefficient (Wildman–Crippen LogP) is 3.36. The third-order valence-corrected chi connectivity index (χ3v) is 4.14. The van der Waals surface area contributed by atoms with Crippen molar-refractivity contribution in [2.45, 2.75) is 44.9 Å². The third-order valence-electron chi connectivity index (χ3n) is 2.81. The van der Waals surface area contributed by atoms with Crippen LogP contribution in [0.25, 0.3) is 0 Å². The number of anilines is 1. The first kappa shape index (κ1) is 16.0. The summed E-state index contributed by atoms with van der Waals surface area (Å²) in [6, 6.07) is 2.93. The summed E-state index contributed by atoms with van der Waals surface area (Å²) in [4.78, 5) is 11.8. The Kier molecular flexibility index (Phi) is 5.38. The number of aryl methyl sites for hydroxylation is 2. The van der Waals surface area contributed by atoms with Crippen LogP contribution in [0.15, 0.2) is 17.0 Å². The normalized spacial score (nSPS) is 11.4. The highest BCUT2D eigenvalue weighted by atomic mass is 35.7. The van der Waals surface area contributed by atoms with Gasteiger partial charge in [0.25, 0.3) is 9.05 Å². The van der Waals surface area contributed by atoms with Gasteiger partial charge in [-0.15, -0.1) is 0 Å².